The van der Waals surface area contributed by atoms with E-state index in [4.69, 9.17) is 4.52 Å². The number of fused-ring (bicyclic) bond motifs is 3. The van der Waals surface area contributed by atoms with Gasteiger partial charge < -0.3 is 14.4 Å². The molecule has 1 aromatic carbocycles. The van der Waals surface area contributed by atoms with Gasteiger partial charge in [-0.05, 0) is 38.3 Å². The molecule has 4 aromatic rings. The van der Waals surface area contributed by atoms with E-state index in [0.29, 0.717) is 30.9 Å². The Morgan fingerprint density at radius 2 is 1.90 bits per heavy atom. The van der Waals surface area contributed by atoms with E-state index in [0.717, 1.165) is 28.1 Å². The van der Waals surface area contributed by atoms with Crippen LogP contribution in [-0.2, 0) is 13.0 Å². The Morgan fingerprint density at radius 1 is 1.17 bits per heavy atom. The third-order valence-electron chi connectivity index (χ3n) is 5.20. The van der Waals surface area contributed by atoms with Crippen LogP contribution in [0.2, 0.25) is 0 Å². The van der Waals surface area contributed by atoms with Crippen molar-refractivity contribution in [2.24, 2.45) is 5.92 Å². The maximum absolute atomic E-state index is 13.1. The Kier molecular flexibility index (Phi) is 5.15. The van der Waals surface area contributed by atoms with Crippen LogP contribution in [0.5, 0.6) is 0 Å². The molecule has 30 heavy (non-hydrogen) atoms. The van der Waals surface area contributed by atoms with Gasteiger partial charge in [0.15, 0.2) is 5.69 Å². The van der Waals surface area contributed by atoms with Gasteiger partial charge in [0.05, 0.1) is 16.7 Å². The molecule has 4 rings (SSSR count). The first kappa shape index (κ1) is 19.9. The summed E-state index contributed by atoms with van der Waals surface area (Å²) in [5.41, 5.74) is 3.88. The molecule has 1 N–H and O–H groups in total. The average Bonchev–Trinajstić information content (AvgIpc) is 3.30. The van der Waals surface area contributed by atoms with Crippen LogP contribution in [0.25, 0.3) is 16.6 Å². The molecule has 0 unspecified atom stereocenters. The Morgan fingerprint density at radius 3 is 2.57 bits per heavy atom. The van der Waals surface area contributed by atoms with Crippen LogP contribution < -0.4 is 10.9 Å². The Hall–Kier alpha value is -3.42. The van der Waals surface area contributed by atoms with E-state index in [9.17, 15) is 9.59 Å². The van der Waals surface area contributed by atoms with Crippen molar-refractivity contribution in [3.8, 4) is 0 Å². The summed E-state index contributed by atoms with van der Waals surface area (Å²) < 4.78 is 8.48. The van der Waals surface area contributed by atoms with Gasteiger partial charge in [-0.25, -0.2) is 4.52 Å². The first-order valence-corrected chi connectivity index (χ1v) is 10.1. The number of carbonyl (C=O) groups excluding carboxylic acids is 1. The minimum absolute atomic E-state index is 0.148. The summed E-state index contributed by atoms with van der Waals surface area (Å²) in [6.07, 6.45) is 0.615. The molecular weight excluding hydrogens is 382 g/mol. The number of hydrogen-bond acceptors (Lipinski definition) is 5. The number of nitrogens with one attached hydrogen (secondary N) is 1. The number of nitrogens with zero attached hydrogens (tertiary/aromatic N) is 4. The molecule has 156 valence electrons. The van der Waals surface area contributed by atoms with Crippen molar-refractivity contribution in [3.05, 3.63) is 63.4 Å². The van der Waals surface area contributed by atoms with E-state index in [1.165, 1.54) is 0 Å². The second kappa shape index (κ2) is 7.78. The zero-order chi connectivity index (χ0) is 21.4. The third kappa shape index (κ3) is 3.49. The van der Waals surface area contributed by atoms with Crippen molar-refractivity contribution < 1.29 is 9.32 Å². The predicted octanol–water partition coefficient (Wildman–Crippen LogP) is 2.88. The summed E-state index contributed by atoms with van der Waals surface area (Å²) in [6, 6.07) is 9.18. The maximum atomic E-state index is 13.1. The number of amides is 1. The fourth-order valence-electron chi connectivity index (χ4n) is 3.74. The molecule has 0 bridgehead atoms. The molecule has 0 spiro atoms. The summed E-state index contributed by atoms with van der Waals surface area (Å²) in [5.74, 6) is 0.750. The van der Waals surface area contributed by atoms with E-state index in [1.807, 2.05) is 38.1 Å². The lowest BCUT2D eigenvalue weighted by Gasteiger charge is -2.13. The zero-order valence-electron chi connectivity index (χ0n) is 17.6. The minimum Gasteiger partial charge on any atom is -0.361 e. The van der Waals surface area contributed by atoms with Gasteiger partial charge in [0, 0.05) is 24.7 Å². The molecular formula is C22H25N5O3. The zero-order valence-corrected chi connectivity index (χ0v) is 17.6. The maximum Gasteiger partial charge on any atom is 0.277 e. The molecule has 3 heterocycles. The van der Waals surface area contributed by atoms with Crippen LogP contribution in [0.3, 0.4) is 0 Å². The molecule has 0 aliphatic carbocycles. The standard InChI is InChI=1S/C22H25N5O3/c1-13(2)12-26-18-7-5-6-8-19(18)27-20(22(26)29)11-17(24-27)21(28)23-10-9-16-14(3)25-30-15(16)4/h5-8,11,13H,9-10,12H2,1-4H3,(H,23,28). The van der Waals surface area contributed by atoms with E-state index < -0.39 is 0 Å². The third-order valence-corrected chi connectivity index (χ3v) is 5.20. The highest BCUT2D eigenvalue weighted by Gasteiger charge is 2.18. The van der Waals surface area contributed by atoms with Gasteiger partial charge in [0.1, 0.15) is 11.3 Å². The number of para-hydroxylation sites is 2. The van der Waals surface area contributed by atoms with Crippen molar-refractivity contribution in [3.63, 3.8) is 0 Å². The number of benzene rings is 1. The first-order valence-electron chi connectivity index (χ1n) is 10.1. The average molecular weight is 407 g/mol. The van der Waals surface area contributed by atoms with Gasteiger partial charge in [-0.15, -0.1) is 0 Å². The molecule has 0 atom stereocenters. The lowest BCUT2D eigenvalue weighted by atomic mass is 10.1. The second-order valence-electron chi connectivity index (χ2n) is 7.93. The van der Waals surface area contributed by atoms with Crippen molar-refractivity contribution in [2.45, 2.75) is 40.7 Å². The molecule has 1 amide bonds. The highest BCUT2D eigenvalue weighted by Crippen LogP contribution is 2.17. The monoisotopic (exact) mass is 407 g/mol. The summed E-state index contributed by atoms with van der Waals surface area (Å²) >= 11 is 0. The van der Waals surface area contributed by atoms with Crippen LogP contribution in [0.1, 0.15) is 41.4 Å². The predicted molar refractivity (Wildman–Crippen MR) is 114 cm³/mol. The highest BCUT2D eigenvalue weighted by molar-refractivity contribution is 5.94. The Labute approximate surface area is 173 Å². The lowest BCUT2D eigenvalue weighted by molar-refractivity contribution is 0.0949. The fourth-order valence-corrected chi connectivity index (χ4v) is 3.74. The van der Waals surface area contributed by atoms with Crippen molar-refractivity contribution >= 4 is 22.5 Å². The van der Waals surface area contributed by atoms with Crippen molar-refractivity contribution in [1.82, 2.24) is 24.7 Å². The van der Waals surface area contributed by atoms with Crippen molar-refractivity contribution in [1.29, 1.82) is 0 Å². The Bertz CT molecular complexity index is 1280. The quantitative estimate of drug-likeness (QED) is 0.530. The Balaban J connectivity index is 1.66. The highest BCUT2D eigenvalue weighted by atomic mass is 16.5. The number of hydrogen-bond donors (Lipinski definition) is 1. The van der Waals surface area contributed by atoms with Gasteiger partial charge in [0.25, 0.3) is 11.5 Å². The number of rotatable bonds is 6. The van der Waals surface area contributed by atoms with Gasteiger partial charge in [-0.1, -0.05) is 31.1 Å². The summed E-state index contributed by atoms with van der Waals surface area (Å²) in [6.45, 7) is 8.89. The molecule has 0 aliphatic heterocycles. The van der Waals surface area contributed by atoms with Gasteiger partial charge in [0.2, 0.25) is 0 Å². The van der Waals surface area contributed by atoms with Crippen molar-refractivity contribution in [2.75, 3.05) is 6.54 Å². The van der Waals surface area contributed by atoms with E-state index in [-0.39, 0.29) is 17.2 Å². The number of aromatic nitrogens is 4. The molecule has 0 saturated carbocycles. The molecule has 8 heteroatoms. The van der Waals surface area contributed by atoms with Crippen LogP contribution >= 0.6 is 0 Å². The summed E-state index contributed by atoms with van der Waals surface area (Å²) in [7, 11) is 0. The SMILES string of the molecule is Cc1noc(C)c1CCNC(=O)c1cc2c(=O)n(CC(C)C)c3ccccc3n2n1. The van der Waals surface area contributed by atoms with Gasteiger partial charge in [-0.3, -0.25) is 9.59 Å². The number of carbonyl (C=O) groups is 1. The first-order chi connectivity index (χ1) is 14.4. The largest absolute Gasteiger partial charge is 0.361 e. The van der Waals surface area contributed by atoms with Crippen LogP contribution in [0.4, 0.5) is 0 Å². The molecule has 0 radical (unpaired) electrons. The second-order valence-corrected chi connectivity index (χ2v) is 7.93. The van der Waals surface area contributed by atoms with Gasteiger partial charge >= 0.3 is 0 Å². The smallest absolute Gasteiger partial charge is 0.277 e. The normalized spacial score (nSPS) is 11.6. The molecule has 3 aromatic heterocycles. The van der Waals surface area contributed by atoms with Crippen LogP contribution in [0.15, 0.2) is 39.6 Å². The topological polar surface area (TPSA) is 94.4 Å². The van der Waals surface area contributed by atoms with Gasteiger partial charge in [-0.2, -0.15) is 5.10 Å². The van der Waals surface area contributed by atoms with E-state index >= 15 is 0 Å². The molecule has 0 fully saturated rings. The minimum atomic E-state index is -0.315. The summed E-state index contributed by atoms with van der Waals surface area (Å²) in [4.78, 5) is 25.8. The molecule has 8 nitrogen and oxygen atoms in total. The molecule has 0 aliphatic rings. The number of aryl methyl sites for hydroxylation is 2. The summed E-state index contributed by atoms with van der Waals surface area (Å²) in [5, 5.41) is 11.2. The molecule has 0 saturated heterocycles. The fraction of sp³-hybridized carbons (Fsp3) is 0.364. The van der Waals surface area contributed by atoms with E-state index in [1.54, 1.807) is 15.1 Å². The van der Waals surface area contributed by atoms with Crippen LogP contribution in [-0.4, -0.2) is 31.8 Å². The van der Waals surface area contributed by atoms with Crippen LogP contribution in [0, 0.1) is 19.8 Å². The lowest BCUT2D eigenvalue weighted by Crippen LogP contribution is -2.26. The van der Waals surface area contributed by atoms with E-state index in [2.05, 4.69) is 29.4 Å².